The van der Waals surface area contributed by atoms with Crippen LogP contribution in [0.3, 0.4) is 0 Å². The van der Waals surface area contributed by atoms with Crippen LogP contribution in [0.25, 0.3) is 11.3 Å². The van der Waals surface area contributed by atoms with Crippen molar-refractivity contribution in [2.75, 3.05) is 0 Å². The van der Waals surface area contributed by atoms with E-state index < -0.39 is 0 Å². The second kappa shape index (κ2) is 6.33. The highest BCUT2D eigenvalue weighted by Gasteiger charge is 2.09. The lowest BCUT2D eigenvalue weighted by atomic mass is 10.1. The largest absolute Gasteiger partial charge is 0.348 e. The number of hydrogen-bond acceptors (Lipinski definition) is 3. The summed E-state index contributed by atoms with van der Waals surface area (Å²) in [6.07, 6.45) is 1.77. The van der Waals surface area contributed by atoms with E-state index in [0.717, 1.165) is 16.8 Å². The van der Waals surface area contributed by atoms with Gasteiger partial charge in [-0.1, -0.05) is 24.3 Å². The zero-order valence-electron chi connectivity index (χ0n) is 11.3. The SMILES string of the molecule is O=C(NCc1cccnc1-c1ccsc1)c1ccccc1. The molecule has 1 amide bonds. The third kappa shape index (κ3) is 3.17. The number of carbonyl (C=O) groups is 1. The first-order chi connectivity index (χ1) is 10.3. The van der Waals surface area contributed by atoms with Crippen LogP contribution < -0.4 is 5.32 Å². The Bertz CT molecular complexity index is 724. The summed E-state index contributed by atoms with van der Waals surface area (Å²) in [7, 11) is 0. The summed E-state index contributed by atoms with van der Waals surface area (Å²) in [5.41, 5.74) is 3.69. The van der Waals surface area contributed by atoms with Crippen molar-refractivity contribution in [2.45, 2.75) is 6.54 Å². The molecule has 0 radical (unpaired) electrons. The lowest BCUT2D eigenvalue weighted by molar-refractivity contribution is 0.0951. The fraction of sp³-hybridized carbons (Fsp3) is 0.0588. The van der Waals surface area contributed by atoms with E-state index in [1.54, 1.807) is 29.7 Å². The monoisotopic (exact) mass is 294 g/mol. The molecule has 0 aliphatic rings. The molecule has 0 fully saturated rings. The van der Waals surface area contributed by atoms with Crippen molar-refractivity contribution in [3.05, 3.63) is 76.6 Å². The number of aromatic nitrogens is 1. The maximum absolute atomic E-state index is 12.1. The Balaban J connectivity index is 1.76. The van der Waals surface area contributed by atoms with Crippen LogP contribution in [0.1, 0.15) is 15.9 Å². The zero-order valence-corrected chi connectivity index (χ0v) is 12.1. The number of nitrogens with zero attached hydrogens (tertiary/aromatic N) is 1. The highest BCUT2D eigenvalue weighted by Crippen LogP contribution is 2.23. The van der Waals surface area contributed by atoms with Gasteiger partial charge in [-0.25, -0.2) is 0 Å². The van der Waals surface area contributed by atoms with Gasteiger partial charge in [-0.2, -0.15) is 11.3 Å². The van der Waals surface area contributed by atoms with Crippen molar-refractivity contribution >= 4 is 17.2 Å². The predicted octanol–water partition coefficient (Wildman–Crippen LogP) is 3.74. The van der Waals surface area contributed by atoms with E-state index in [9.17, 15) is 4.79 Å². The number of thiophene rings is 1. The third-order valence-electron chi connectivity index (χ3n) is 3.16. The number of amides is 1. The Morgan fingerprint density at radius 2 is 1.95 bits per heavy atom. The Morgan fingerprint density at radius 1 is 1.10 bits per heavy atom. The first-order valence-electron chi connectivity index (χ1n) is 6.64. The van der Waals surface area contributed by atoms with Crippen molar-refractivity contribution < 1.29 is 4.79 Å². The number of pyridine rings is 1. The van der Waals surface area contributed by atoms with Crippen LogP contribution >= 0.6 is 11.3 Å². The Morgan fingerprint density at radius 3 is 2.71 bits per heavy atom. The first-order valence-corrected chi connectivity index (χ1v) is 7.58. The van der Waals surface area contributed by atoms with Crippen LogP contribution in [0.5, 0.6) is 0 Å². The average molecular weight is 294 g/mol. The Hall–Kier alpha value is -2.46. The van der Waals surface area contributed by atoms with E-state index in [1.165, 1.54) is 0 Å². The van der Waals surface area contributed by atoms with Gasteiger partial charge in [-0.3, -0.25) is 9.78 Å². The number of nitrogens with one attached hydrogen (secondary N) is 1. The summed E-state index contributed by atoms with van der Waals surface area (Å²) in [5.74, 6) is -0.0734. The molecule has 0 atom stereocenters. The van der Waals surface area contributed by atoms with Gasteiger partial charge in [-0.05, 0) is 35.2 Å². The van der Waals surface area contributed by atoms with E-state index in [4.69, 9.17) is 0 Å². The number of rotatable bonds is 4. The van der Waals surface area contributed by atoms with Gasteiger partial charge in [0, 0.05) is 29.2 Å². The predicted molar refractivity (Wildman–Crippen MR) is 85.2 cm³/mol. The van der Waals surface area contributed by atoms with Gasteiger partial charge in [0.2, 0.25) is 0 Å². The summed E-state index contributed by atoms with van der Waals surface area (Å²) in [5, 5.41) is 7.03. The molecule has 0 saturated carbocycles. The maximum Gasteiger partial charge on any atom is 0.251 e. The lowest BCUT2D eigenvalue weighted by Gasteiger charge is -2.09. The molecule has 0 spiro atoms. The van der Waals surface area contributed by atoms with Crippen LogP contribution in [-0.2, 0) is 6.54 Å². The van der Waals surface area contributed by atoms with Crippen molar-refractivity contribution in [2.24, 2.45) is 0 Å². The smallest absolute Gasteiger partial charge is 0.251 e. The minimum Gasteiger partial charge on any atom is -0.348 e. The molecule has 3 nitrogen and oxygen atoms in total. The second-order valence-corrected chi connectivity index (χ2v) is 5.35. The van der Waals surface area contributed by atoms with E-state index in [0.29, 0.717) is 12.1 Å². The van der Waals surface area contributed by atoms with Crippen molar-refractivity contribution in [3.63, 3.8) is 0 Å². The number of hydrogen-bond donors (Lipinski definition) is 1. The summed E-state index contributed by atoms with van der Waals surface area (Å²) < 4.78 is 0. The summed E-state index contributed by atoms with van der Waals surface area (Å²) >= 11 is 1.64. The highest BCUT2D eigenvalue weighted by atomic mass is 32.1. The van der Waals surface area contributed by atoms with Gasteiger partial charge >= 0.3 is 0 Å². The normalized spacial score (nSPS) is 10.3. The third-order valence-corrected chi connectivity index (χ3v) is 3.84. The van der Waals surface area contributed by atoms with Crippen LogP contribution in [0, 0.1) is 0 Å². The minimum absolute atomic E-state index is 0.0734. The molecule has 0 bridgehead atoms. The minimum atomic E-state index is -0.0734. The Kier molecular flexibility index (Phi) is 4.07. The van der Waals surface area contributed by atoms with Crippen LogP contribution in [-0.4, -0.2) is 10.9 Å². The van der Waals surface area contributed by atoms with Crippen molar-refractivity contribution in [1.82, 2.24) is 10.3 Å². The fourth-order valence-corrected chi connectivity index (χ4v) is 2.75. The van der Waals surface area contributed by atoms with E-state index in [2.05, 4.69) is 15.7 Å². The highest BCUT2D eigenvalue weighted by molar-refractivity contribution is 7.08. The molecule has 3 aromatic rings. The van der Waals surface area contributed by atoms with Gasteiger partial charge in [0.1, 0.15) is 0 Å². The topological polar surface area (TPSA) is 42.0 Å². The standard InChI is InChI=1S/C17H14N2OS/c20-17(13-5-2-1-3-6-13)19-11-14-7-4-9-18-16(14)15-8-10-21-12-15/h1-10,12H,11H2,(H,19,20). The molecule has 104 valence electrons. The van der Waals surface area contributed by atoms with Crippen molar-refractivity contribution in [1.29, 1.82) is 0 Å². The molecule has 2 aromatic heterocycles. The molecule has 2 heterocycles. The molecule has 1 N–H and O–H groups in total. The molecule has 21 heavy (non-hydrogen) atoms. The van der Waals surface area contributed by atoms with E-state index in [1.807, 2.05) is 41.8 Å². The fourth-order valence-electron chi connectivity index (χ4n) is 2.11. The van der Waals surface area contributed by atoms with Gasteiger partial charge in [0.25, 0.3) is 5.91 Å². The van der Waals surface area contributed by atoms with Gasteiger partial charge < -0.3 is 5.32 Å². The molecule has 3 rings (SSSR count). The zero-order chi connectivity index (χ0) is 14.5. The first kappa shape index (κ1) is 13.5. The van der Waals surface area contributed by atoms with E-state index >= 15 is 0 Å². The molecule has 0 saturated heterocycles. The molecule has 0 aliphatic heterocycles. The van der Waals surface area contributed by atoms with Crippen LogP contribution in [0.4, 0.5) is 0 Å². The molecule has 4 heteroatoms. The Labute approximate surface area is 127 Å². The molecular weight excluding hydrogens is 280 g/mol. The van der Waals surface area contributed by atoms with Crippen molar-refractivity contribution in [3.8, 4) is 11.3 Å². The number of benzene rings is 1. The van der Waals surface area contributed by atoms with Gasteiger partial charge in [0.05, 0.1) is 5.69 Å². The quantitative estimate of drug-likeness (QED) is 0.796. The molecular formula is C17H14N2OS. The number of carbonyl (C=O) groups excluding carboxylic acids is 1. The average Bonchev–Trinajstić information content (AvgIpc) is 3.08. The van der Waals surface area contributed by atoms with E-state index in [-0.39, 0.29) is 5.91 Å². The maximum atomic E-state index is 12.1. The molecule has 0 unspecified atom stereocenters. The summed E-state index contributed by atoms with van der Waals surface area (Å²) in [4.78, 5) is 16.5. The molecule has 0 aliphatic carbocycles. The lowest BCUT2D eigenvalue weighted by Crippen LogP contribution is -2.23. The molecule has 1 aromatic carbocycles. The van der Waals surface area contributed by atoms with Crippen LogP contribution in [0.2, 0.25) is 0 Å². The summed E-state index contributed by atoms with van der Waals surface area (Å²) in [6.45, 7) is 0.465. The van der Waals surface area contributed by atoms with Gasteiger partial charge in [0.15, 0.2) is 0 Å². The van der Waals surface area contributed by atoms with Gasteiger partial charge in [-0.15, -0.1) is 0 Å². The second-order valence-electron chi connectivity index (χ2n) is 4.57. The summed E-state index contributed by atoms with van der Waals surface area (Å²) in [6, 6.07) is 15.1. The van der Waals surface area contributed by atoms with Crippen LogP contribution in [0.15, 0.2) is 65.5 Å².